The molecule has 0 aliphatic rings. The molecule has 0 spiro atoms. The van der Waals surface area contributed by atoms with Crippen LogP contribution in [-0.4, -0.2) is 12.6 Å². The number of rotatable bonds is 5. The first kappa shape index (κ1) is 16.3. The predicted molar refractivity (Wildman–Crippen MR) is 89.9 cm³/mol. The second-order valence-electron chi connectivity index (χ2n) is 6.20. The van der Waals surface area contributed by atoms with E-state index in [1.807, 2.05) is 39.0 Å². The third kappa shape index (κ3) is 3.38. The maximum atomic E-state index is 12.5. The van der Waals surface area contributed by atoms with Crippen LogP contribution in [0.15, 0.2) is 54.6 Å². The highest BCUT2D eigenvalue weighted by Crippen LogP contribution is 2.41. The quantitative estimate of drug-likeness (QED) is 0.746. The van der Waals surface area contributed by atoms with E-state index < -0.39 is 5.41 Å². The van der Waals surface area contributed by atoms with Crippen LogP contribution in [0.25, 0.3) is 0 Å². The third-order valence-corrected chi connectivity index (χ3v) is 4.07. The van der Waals surface area contributed by atoms with Gasteiger partial charge in [-0.15, -0.1) is 0 Å². The van der Waals surface area contributed by atoms with Crippen LogP contribution in [0.3, 0.4) is 0 Å². The highest BCUT2D eigenvalue weighted by Gasteiger charge is 2.40. The second kappa shape index (κ2) is 6.78. The van der Waals surface area contributed by atoms with Crippen molar-refractivity contribution in [2.24, 2.45) is 5.41 Å². The molecule has 0 N–H and O–H groups in total. The third-order valence-electron chi connectivity index (χ3n) is 4.07. The van der Waals surface area contributed by atoms with Gasteiger partial charge in [0.25, 0.3) is 0 Å². The first-order valence-electron chi connectivity index (χ1n) is 7.75. The molecule has 2 rings (SSSR count). The van der Waals surface area contributed by atoms with Crippen LogP contribution < -0.4 is 0 Å². The Morgan fingerprint density at radius 2 is 1.55 bits per heavy atom. The molecular formula is C20H24O2. The molecule has 1 unspecified atom stereocenters. The molecule has 1 atom stereocenters. The molecule has 0 aromatic heterocycles. The van der Waals surface area contributed by atoms with Crippen molar-refractivity contribution < 1.29 is 9.53 Å². The molecule has 0 aliphatic carbocycles. The number of hydrogen-bond acceptors (Lipinski definition) is 2. The maximum absolute atomic E-state index is 12.5. The standard InChI is InChI=1S/C20H24O2/c1-5-22-19(21)20(3,4)18(16-9-7-6-8-10-16)17-13-11-15(2)12-14-17/h6-14,18H,5H2,1-4H3. The van der Waals surface area contributed by atoms with Crippen molar-refractivity contribution in [2.45, 2.75) is 33.6 Å². The number of carbonyl (C=O) groups excluding carboxylic acids is 1. The molecule has 116 valence electrons. The lowest BCUT2D eigenvalue weighted by Crippen LogP contribution is -2.34. The van der Waals surface area contributed by atoms with Crippen LogP contribution in [0, 0.1) is 12.3 Å². The van der Waals surface area contributed by atoms with Crippen molar-refractivity contribution in [1.82, 2.24) is 0 Å². The van der Waals surface area contributed by atoms with Gasteiger partial charge in [-0.2, -0.15) is 0 Å². The Hall–Kier alpha value is -2.09. The summed E-state index contributed by atoms with van der Waals surface area (Å²) < 4.78 is 5.32. The fraction of sp³-hybridized carbons (Fsp3) is 0.350. The smallest absolute Gasteiger partial charge is 0.312 e. The van der Waals surface area contributed by atoms with Gasteiger partial charge in [-0.25, -0.2) is 0 Å². The average molecular weight is 296 g/mol. The van der Waals surface area contributed by atoms with Gasteiger partial charge in [-0.3, -0.25) is 4.79 Å². The number of aryl methyl sites for hydroxylation is 1. The van der Waals surface area contributed by atoms with Gasteiger partial charge in [0.15, 0.2) is 0 Å². The summed E-state index contributed by atoms with van der Waals surface area (Å²) in [6, 6.07) is 18.6. The molecular weight excluding hydrogens is 272 g/mol. The summed E-state index contributed by atoms with van der Waals surface area (Å²) in [5, 5.41) is 0. The van der Waals surface area contributed by atoms with Crippen LogP contribution >= 0.6 is 0 Å². The summed E-state index contributed by atoms with van der Waals surface area (Å²) in [5.74, 6) is -0.197. The van der Waals surface area contributed by atoms with Gasteiger partial charge < -0.3 is 4.74 Å². The van der Waals surface area contributed by atoms with E-state index in [0.717, 1.165) is 11.1 Å². The highest BCUT2D eigenvalue weighted by molar-refractivity contribution is 5.78. The second-order valence-corrected chi connectivity index (χ2v) is 6.20. The molecule has 2 heteroatoms. The number of benzene rings is 2. The van der Waals surface area contributed by atoms with E-state index in [4.69, 9.17) is 4.74 Å². The summed E-state index contributed by atoms with van der Waals surface area (Å²) in [7, 11) is 0. The molecule has 0 amide bonds. The van der Waals surface area contributed by atoms with Gasteiger partial charge in [0.05, 0.1) is 12.0 Å². The van der Waals surface area contributed by atoms with Gasteiger partial charge in [0.2, 0.25) is 0 Å². The number of esters is 1. The van der Waals surface area contributed by atoms with Crippen molar-refractivity contribution in [3.63, 3.8) is 0 Å². The van der Waals surface area contributed by atoms with E-state index in [2.05, 4.69) is 43.3 Å². The molecule has 2 aromatic rings. The van der Waals surface area contributed by atoms with Gasteiger partial charge >= 0.3 is 5.97 Å². The molecule has 0 heterocycles. The fourth-order valence-electron chi connectivity index (χ4n) is 2.87. The lowest BCUT2D eigenvalue weighted by molar-refractivity contribution is -0.154. The molecule has 2 nitrogen and oxygen atoms in total. The van der Waals surface area contributed by atoms with Crippen molar-refractivity contribution in [2.75, 3.05) is 6.61 Å². The van der Waals surface area contributed by atoms with E-state index in [9.17, 15) is 4.79 Å². The minimum Gasteiger partial charge on any atom is -0.466 e. The first-order valence-corrected chi connectivity index (χ1v) is 7.75. The maximum Gasteiger partial charge on any atom is 0.312 e. The summed E-state index contributed by atoms with van der Waals surface area (Å²) >= 11 is 0. The fourth-order valence-corrected chi connectivity index (χ4v) is 2.87. The topological polar surface area (TPSA) is 26.3 Å². The minimum absolute atomic E-state index is 0.0339. The van der Waals surface area contributed by atoms with Crippen LogP contribution in [0.1, 0.15) is 43.4 Å². The molecule has 22 heavy (non-hydrogen) atoms. The van der Waals surface area contributed by atoms with Gasteiger partial charge in [0, 0.05) is 5.92 Å². The van der Waals surface area contributed by atoms with Crippen LogP contribution in [-0.2, 0) is 9.53 Å². The summed E-state index contributed by atoms with van der Waals surface area (Å²) in [4.78, 5) is 12.5. The Morgan fingerprint density at radius 3 is 2.09 bits per heavy atom. The Labute approximate surface area is 133 Å². The van der Waals surface area contributed by atoms with Gasteiger partial charge in [0.1, 0.15) is 0 Å². The zero-order valence-corrected chi connectivity index (χ0v) is 13.8. The monoisotopic (exact) mass is 296 g/mol. The minimum atomic E-state index is -0.632. The Bertz CT molecular complexity index is 612. The molecule has 0 aliphatic heterocycles. The highest BCUT2D eigenvalue weighted by atomic mass is 16.5. The van der Waals surface area contributed by atoms with Gasteiger partial charge in [-0.05, 0) is 38.8 Å². The number of hydrogen-bond donors (Lipinski definition) is 0. The van der Waals surface area contributed by atoms with Crippen LogP contribution in [0.5, 0.6) is 0 Å². The Kier molecular flexibility index (Phi) is 5.02. The summed E-state index contributed by atoms with van der Waals surface area (Å²) in [5.41, 5.74) is 2.84. The first-order chi connectivity index (χ1) is 10.5. The van der Waals surface area contributed by atoms with Crippen LogP contribution in [0.2, 0.25) is 0 Å². The van der Waals surface area contributed by atoms with E-state index in [1.54, 1.807) is 0 Å². The van der Waals surface area contributed by atoms with E-state index in [0.29, 0.717) is 6.61 Å². The molecule has 0 radical (unpaired) electrons. The molecule has 0 bridgehead atoms. The van der Waals surface area contributed by atoms with E-state index >= 15 is 0 Å². The summed E-state index contributed by atoms with van der Waals surface area (Å²) in [6.07, 6.45) is 0. The van der Waals surface area contributed by atoms with Crippen molar-refractivity contribution >= 4 is 5.97 Å². The van der Waals surface area contributed by atoms with Crippen molar-refractivity contribution in [3.8, 4) is 0 Å². The average Bonchev–Trinajstić information content (AvgIpc) is 2.50. The summed E-state index contributed by atoms with van der Waals surface area (Å²) in [6.45, 7) is 8.23. The van der Waals surface area contributed by atoms with E-state index in [1.165, 1.54) is 5.56 Å². The molecule has 0 fully saturated rings. The van der Waals surface area contributed by atoms with Crippen molar-refractivity contribution in [3.05, 3.63) is 71.3 Å². The number of ether oxygens (including phenoxy) is 1. The molecule has 0 saturated heterocycles. The number of carbonyl (C=O) groups is 1. The SMILES string of the molecule is CCOC(=O)C(C)(C)C(c1ccccc1)c1ccc(C)cc1. The zero-order chi connectivity index (χ0) is 16.2. The lowest BCUT2D eigenvalue weighted by Gasteiger charge is -2.33. The van der Waals surface area contributed by atoms with E-state index in [-0.39, 0.29) is 11.9 Å². The normalized spacial score (nSPS) is 12.7. The van der Waals surface area contributed by atoms with Crippen molar-refractivity contribution in [1.29, 1.82) is 0 Å². The lowest BCUT2D eigenvalue weighted by atomic mass is 9.71. The Balaban J connectivity index is 2.51. The zero-order valence-electron chi connectivity index (χ0n) is 13.8. The Morgan fingerprint density at radius 1 is 1.00 bits per heavy atom. The molecule has 0 saturated carbocycles. The van der Waals surface area contributed by atoms with Gasteiger partial charge in [-0.1, -0.05) is 60.2 Å². The molecule has 2 aromatic carbocycles. The van der Waals surface area contributed by atoms with Crippen LogP contribution in [0.4, 0.5) is 0 Å². The largest absolute Gasteiger partial charge is 0.466 e. The predicted octanol–water partition coefficient (Wildman–Crippen LogP) is 4.72.